The molecule has 0 bridgehead atoms. The molecule has 1 N–H and O–H groups in total. The largest absolute Gasteiger partial charge is 0.361 e. The molecule has 0 fully saturated rings. The zero-order chi connectivity index (χ0) is 15.8. The summed E-state index contributed by atoms with van der Waals surface area (Å²) in [5.74, 6) is 0.878. The summed E-state index contributed by atoms with van der Waals surface area (Å²) in [6.07, 6.45) is 16.8. The highest BCUT2D eigenvalue weighted by Crippen LogP contribution is 2.11. The molecule has 0 rings (SSSR count). The van der Waals surface area contributed by atoms with Crippen molar-refractivity contribution in [1.29, 1.82) is 5.41 Å². The Labute approximate surface area is 133 Å². The number of nitrogens with zero attached hydrogens (tertiary/aromatic N) is 1. The van der Waals surface area contributed by atoms with Crippen LogP contribution in [-0.4, -0.2) is 23.8 Å². The van der Waals surface area contributed by atoms with Crippen LogP contribution in [0.5, 0.6) is 0 Å². The molecular weight excluding hydrogens is 256 g/mol. The number of hydrogen-bond acceptors (Lipinski definition) is 1. The van der Waals surface area contributed by atoms with Crippen LogP contribution in [0.2, 0.25) is 0 Å². The van der Waals surface area contributed by atoms with Crippen LogP contribution in [0.1, 0.15) is 90.9 Å². The topological polar surface area (TPSA) is 27.1 Å². The third kappa shape index (κ3) is 12.6. The van der Waals surface area contributed by atoms with E-state index in [1.807, 2.05) is 6.08 Å². The van der Waals surface area contributed by atoms with Crippen molar-refractivity contribution >= 4 is 5.84 Å². The predicted octanol–water partition coefficient (Wildman–Crippen LogP) is 6.17. The van der Waals surface area contributed by atoms with E-state index in [-0.39, 0.29) is 0 Å². The summed E-state index contributed by atoms with van der Waals surface area (Å²) in [5, 5.41) is 8.29. The van der Waals surface area contributed by atoms with Gasteiger partial charge in [-0.3, -0.25) is 5.41 Å². The second-order valence-electron chi connectivity index (χ2n) is 6.09. The van der Waals surface area contributed by atoms with Gasteiger partial charge < -0.3 is 4.90 Å². The molecule has 0 unspecified atom stereocenters. The van der Waals surface area contributed by atoms with E-state index in [4.69, 9.17) is 5.41 Å². The van der Waals surface area contributed by atoms with Crippen LogP contribution in [-0.2, 0) is 0 Å². The fourth-order valence-electron chi connectivity index (χ4n) is 2.53. The van der Waals surface area contributed by atoms with Crippen LogP contribution in [0.15, 0.2) is 12.7 Å². The Morgan fingerprint density at radius 3 is 1.90 bits per heavy atom. The number of allylic oxidation sites excluding steroid dienone is 1. The van der Waals surface area contributed by atoms with Crippen molar-refractivity contribution in [1.82, 2.24) is 4.90 Å². The molecule has 2 heteroatoms. The standard InChI is InChI=1S/C19H38N2/c1-4-7-10-11-12-13-14-15-16-19(20)21(17-8-5-2)18-9-6-3/h4,20H,1,5-18H2,2-3H3. The number of nitrogens with one attached hydrogen (secondary N) is 1. The lowest BCUT2D eigenvalue weighted by Crippen LogP contribution is -2.32. The molecule has 124 valence electrons. The minimum absolute atomic E-state index is 0.878. The Morgan fingerprint density at radius 1 is 0.857 bits per heavy atom. The van der Waals surface area contributed by atoms with Crippen LogP contribution in [0.3, 0.4) is 0 Å². The average Bonchev–Trinajstić information content (AvgIpc) is 2.50. The number of unbranched alkanes of at least 4 members (excludes halogenated alkanes) is 8. The predicted molar refractivity (Wildman–Crippen MR) is 96.2 cm³/mol. The van der Waals surface area contributed by atoms with E-state index in [0.29, 0.717) is 0 Å². The molecule has 2 nitrogen and oxygen atoms in total. The van der Waals surface area contributed by atoms with Gasteiger partial charge in [0.2, 0.25) is 0 Å². The lowest BCUT2D eigenvalue weighted by atomic mass is 10.1. The van der Waals surface area contributed by atoms with Crippen molar-refractivity contribution in [3.05, 3.63) is 12.7 Å². The maximum absolute atomic E-state index is 8.29. The van der Waals surface area contributed by atoms with Crippen molar-refractivity contribution in [3.8, 4) is 0 Å². The summed E-state index contributed by atoms with van der Waals surface area (Å²) in [6, 6.07) is 0. The average molecular weight is 295 g/mol. The second-order valence-corrected chi connectivity index (χ2v) is 6.09. The fourth-order valence-corrected chi connectivity index (χ4v) is 2.53. The normalized spacial score (nSPS) is 10.6. The maximum Gasteiger partial charge on any atom is 0.0957 e. The van der Waals surface area contributed by atoms with E-state index in [1.165, 1.54) is 64.2 Å². The number of rotatable bonds is 15. The van der Waals surface area contributed by atoms with Crippen molar-refractivity contribution in [2.75, 3.05) is 13.1 Å². The van der Waals surface area contributed by atoms with Crippen LogP contribution in [0.4, 0.5) is 0 Å². The smallest absolute Gasteiger partial charge is 0.0957 e. The second kappa shape index (κ2) is 15.6. The molecule has 0 amide bonds. The quantitative estimate of drug-likeness (QED) is 0.166. The monoisotopic (exact) mass is 294 g/mol. The van der Waals surface area contributed by atoms with E-state index in [1.54, 1.807) is 0 Å². The van der Waals surface area contributed by atoms with Gasteiger partial charge >= 0.3 is 0 Å². The van der Waals surface area contributed by atoms with Crippen molar-refractivity contribution in [3.63, 3.8) is 0 Å². The molecule has 0 heterocycles. The summed E-state index contributed by atoms with van der Waals surface area (Å²) in [4.78, 5) is 2.32. The molecule has 0 aromatic heterocycles. The lowest BCUT2D eigenvalue weighted by Gasteiger charge is -2.25. The van der Waals surface area contributed by atoms with Gasteiger partial charge in [0.25, 0.3) is 0 Å². The summed E-state index contributed by atoms with van der Waals surface area (Å²) in [6.45, 7) is 10.4. The van der Waals surface area contributed by atoms with Crippen LogP contribution in [0.25, 0.3) is 0 Å². The van der Waals surface area contributed by atoms with Gasteiger partial charge in [0, 0.05) is 19.5 Å². The first-order valence-corrected chi connectivity index (χ1v) is 9.19. The minimum atomic E-state index is 0.878. The van der Waals surface area contributed by atoms with E-state index in [9.17, 15) is 0 Å². The maximum atomic E-state index is 8.29. The van der Waals surface area contributed by atoms with Gasteiger partial charge in [-0.1, -0.05) is 58.4 Å². The first-order chi connectivity index (χ1) is 10.3. The van der Waals surface area contributed by atoms with E-state index < -0.39 is 0 Å². The van der Waals surface area contributed by atoms with Crippen molar-refractivity contribution in [2.45, 2.75) is 90.9 Å². The van der Waals surface area contributed by atoms with E-state index >= 15 is 0 Å². The van der Waals surface area contributed by atoms with Gasteiger partial charge in [-0.05, 0) is 32.1 Å². The molecule has 0 saturated carbocycles. The summed E-state index contributed by atoms with van der Waals surface area (Å²) in [7, 11) is 0. The van der Waals surface area contributed by atoms with E-state index in [0.717, 1.165) is 31.8 Å². The van der Waals surface area contributed by atoms with Crippen LogP contribution < -0.4 is 0 Å². The molecule has 0 atom stereocenters. The molecule has 0 aromatic rings. The Balaban J connectivity index is 3.68. The molecular formula is C19H38N2. The van der Waals surface area contributed by atoms with Gasteiger partial charge in [-0.15, -0.1) is 6.58 Å². The van der Waals surface area contributed by atoms with Gasteiger partial charge in [0.1, 0.15) is 0 Å². The highest BCUT2D eigenvalue weighted by atomic mass is 15.2. The summed E-state index contributed by atoms with van der Waals surface area (Å²) in [5.41, 5.74) is 0. The Hall–Kier alpha value is -0.790. The first-order valence-electron chi connectivity index (χ1n) is 9.19. The number of amidine groups is 1. The minimum Gasteiger partial charge on any atom is -0.361 e. The SMILES string of the molecule is C=CCCCCCCCCC(=N)N(CCCC)CCCC. The fraction of sp³-hybridized carbons (Fsp3) is 0.842. The Bertz CT molecular complexity index is 240. The zero-order valence-electron chi connectivity index (χ0n) is 14.6. The van der Waals surface area contributed by atoms with Crippen molar-refractivity contribution in [2.24, 2.45) is 0 Å². The zero-order valence-corrected chi connectivity index (χ0v) is 14.6. The van der Waals surface area contributed by atoms with Gasteiger partial charge in [-0.2, -0.15) is 0 Å². The van der Waals surface area contributed by atoms with Crippen LogP contribution >= 0.6 is 0 Å². The van der Waals surface area contributed by atoms with E-state index in [2.05, 4.69) is 25.3 Å². The van der Waals surface area contributed by atoms with Gasteiger partial charge in [-0.25, -0.2) is 0 Å². The molecule has 0 aromatic carbocycles. The highest BCUT2D eigenvalue weighted by molar-refractivity contribution is 5.79. The Morgan fingerprint density at radius 2 is 1.38 bits per heavy atom. The van der Waals surface area contributed by atoms with Crippen LogP contribution in [0, 0.1) is 5.41 Å². The summed E-state index contributed by atoms with van der Waals surface area (Å²) < 4.78 is 0. The summed E-state index contributed by atoms with van der Waals surface area (Å²) >= 11 is 0. The Kier molecular flexibility index (Phi) is 15.0. The third-order valence-electron chi connectivity index (χ3n) is 4.02. The molecule has 0 radical (unpaired) electrons. The molecule has 0 spiro atoms. The molecule has 0 saturated heterocycles. The lowest BCUT2D eigenvalue weighted by molar-refractivity contribution is 0.386. The highest BCUT2D eigenvalue weighted by Gasteiger charge is 2.08. The first kappa shape index (κ1) is 20.2. The van der Waals surface area contributed by atoms with Crippen molar-refractivity contribution < 1.29 is 0 Å². The molecule has 0 aliphatic heterocycles. The number of hydrogen-bond donors (Lipinski definition) is 1. The molecule has 0 aliphatic carbocycles. The van der Waals surface area contributed by atoms with Gasteiger partial charge in [0.15, 0.2) is 0 Å². The molecule has 0 aliphatic rings. The third-order valence-corrected chi connectivity index (χ3v) is 4.02. The van der Waals surface area contributed by atoms with Gasteiger partial charge in [0.05, 0.1) is 5.84 Å². The molecule has 21 heavy (non-hydrogen) atoms.